The van der Waals surface area contributed by atoms with Crippen molar-refractivity contribution >= 4 is 23.4 Å². The second-order valence-corrected chi connectivity index (χ2v) is 7.15. The van der Waals surface area contributed by atoms with Crippen LogP contribution in [0.3, 0.4) is 0 Å². The van der Waals surface area contributed by atoms with Crippen LogP contribution in [0.25, 0.3) is 0 Å². The second kappa shape index (κ2) is 6.38. The quantitative estimate of drug-likeness (QED) is 0.868. The summed E-state index contributed by atoms with van der Waals surface area (Å²) in [5.41, 5.74) is 2.39. The Morgan fingerprint density at radius 2 is 1.83 bits per heavy atom. The summed E-state index contributed by atoms with van der Waals surface area (Å²) in [6.07, 6.45) is 4.91. The Bertz CT molecular complexity index is 690. The van der Waals surface area contributed by atoms with Crippen molar-refractivity contribution in [3.63, 3.8) is 0 Å². The molecule has 0 aromatic heterocycles. The van der Waals surface area contributed by atoms with E-state index in [1.165, 1.54) is 0 Å². The van der Waals surface area contributed by atoms with Gasteiger partial charge in [0, 0.05) is 12.1 Å². The Labute approximate surface area is 142 Å². The van der Waals surface area contributed by atoms with Gasteiger partial charge in [-0.3, -0.25) is 19.3 Å². The van der Waals surface area contributed by atoms with Crippen molar-refractivity contribution < 1.29 is 14.4 Å². The second-order valence-electron chi connectivity index (χ2n) is 7.15. The Hall–Kier alpha value is -2.17. The molecule has 2 aliphatic rings. The molecule has 1 aliphatic heterocycles. The van der Waals surface area contributed by atoms with Crippen LogP contribution in [0.4, 0.5) is 5.69 Å². The number of likely N-dealkylation sites (tertiary alicyclic amines) is 1. The van der Waals surface area contributed by atoms with Crippen molar-refractivity contribution in [2.45, 2.75) is 52.4 Å². The molecule has 0 bridgehead atoms. The molecule has 1 aliphatic carbocycles. The van der Waals surface area contributed by atoms with E-state index in [9.17, 15) is 14.4 Å². The monoisotopic (exact) mass is 328 g/mol. The van der Waals surface area contributed by atoms with Gasteiger partial charge in [-0.05, 0) is 49.9 Å². The molecular weight excluding hydrogens is 304 g/mol. The van der Waals surface area contributed by atoms with Gasteiger partial charge in [0.05, 0.1) is 5.41 Å². The number of imide groups is 1. The molecule has 5 nitrogen and oxygen atoms in total. The van der Waals surface area contributed by atoms with Crippen molar-refractivity contribution in [1.29, 1.82) is 0 Å². The standard InChI is InChI=1S/C19H24N2O3/c1-13-6-7-15(10-14(13)2)20-16(22)12-21-17(23)11-19(18(21)24)8-4-3-5-9-19/h6-7,10H,3-5,8-9,11-12H2,1-2H3,(H,20,22). The fourth-order valence-electron chi connectivity index (χ4n) is 3.80. The first kappa shape index (κ1) is 16.7. The summed E-state index contributed by atoms with van der Waals surface area (Å²) in [5, 5.41) is 2.78. The van der Waals surface area contributed by atoms with Gasteiger partial charge in [-0.25, -0.2) is 0 Å². The van der Waals surface area contributed by atoms with E-state index in [0.29, 0.717) is 5.69 Å². The Kier molecular flexibility index (Phi) is 4.43. The highest BCUT2D eigenvalue weighted by Gasteiger charge is 2.51. The zero-order chi connectivity index (χ0) is 17.3. The maximum Gasteiger partial charge on any atom is 0.244 e. The number of aryl methyl sites for hydroxylation is 2. The molecule has 0 radical (unpaired) electrons. The zero-order valence-corrected chi connectivity index (χ0v) is 14.4. The van der Waals surface area contributed by atoms with Crippen molar-refractivity contribution in [2.24, 2.45) is 5.41 Å². The molecule has 1 heterocycles. The number of anilines is 1. The third kappa shape index (κ3) is 3.07. The fourth-order valence-corrected chi connectivity index (χ4v) is 3.80. The lowest BCUT2D eigenvalue weighted by Crippen LogP contribution is -2.41. The van der Waals surface area contributed by atoms with Gasteiger partial charge in [-0.15, -0.1) is 0 Å². The molecule has 0 atom stereocenters. The van der Waals surface area contributed by atoms with Crippen LogP contribution < -0.4 is 5.32 Å². The third-order valence-corrected chi connectivity index (χ3v) is 5.39. The summed E-state index contributed by atoms with van der Waals surface area (Å²) in [4.78, 5) is 38.4. The summed E-state index contributed by atoms with van der Waals surface area (Å²) < 4.78 is 0. The van der Waals surface area contributed by atoms with Crippen LogP contribution in [0.5, 0.6) is 0 Å². The Morgan fingerprint density at radius 1 is 1.12 bits per heavy atom. The summed E-state index contributed by atoms with van der Waals surface area (Å²) in [5.74, 6) is -0.688. The van der Waals surface area contributed by atoms with E-state index >= 15 is 0 Å². The van der Waals surface area contributed by atoms with E-state index in [0.717, 1.165) is 48.1 Å². The fraction of sp³-hybridized carbons (Fsp3) is 0.526. The number of carbonyl (C=O) groups is 3. The normalized spacial score (nSPS) is 19.8. The van der Waals surface area contributed by atoms with E-state index in [4.69, 9.17) is 0 Å². The molecule has 24 heavy (non-hydrogen) atoms. The van der Waals surface area contributed by atoms with Gasteiger partial charge in [-0.1, -0.05) is 25.3 Å². The lowest BCUT2D eigenvalue weighted by atomic mass is 9.73. The molecule has 1 spiro atoms. The van der Waals surface area contributed by atoms with Crippen molar-refractivity contribution in [2.75, 3.05) is 11.9 Å². The molecule has 3 rings (SSSR count). The van der Waals surface area contributed by atoms with Gasteiger partial charge in [0.2, 0.25) is 17.7 Å². The van der Waals surface area contributed by atoms with Gasteiger partial charge in [0.1, 0.15) is 6.54 Å². The average molecular weight is 328 g/mol. The van der Waals surface area contributed by atoms with Gasteiger partial charge in [0.25, 0.3) is 0 Å². The van der Waals surface area contributed by atoms with Crippen molar-refractivity contribution in [1.82, 2.24) is 4.90 Å². The molecule has 1 aromatic carbocycles. The topological polar surface area (TPSA) is 66.5 Å². The predicted molar refractivity (Wildman–Crippen MR) is 91.4 cm³/mol. The van der Waals surface area contributed by atoms with Crippen LogP contribution in [0, 0.1) is 19.3 Å². The minimum atomic E-state index is -0.532. The summed E-state index contributed by atoms with van der Waals surface area (Å²) in [7, 11) is 0. The Morgan fingerprint density at radius 3 is 2.50 bits per heavy atom. The van der Waals surface area contributed by atoms with Gasteiger partial charge in [-0.2, -0.15) is 0 Å². The molecule has 128 valence electrons. The highest BCUT2D eigenvalue weighted by atomic mass is 16.2. The van der Waals surface area contributed by atoms with E-state index in [1.807, 2.05) is 32.0 Å². The predicted octanol–water partition coefficient (Wildman–Crippen LogP) is 2.95. The van der Waals surface area contributed by atoms with Crippen LogP contribution in [0.1, 0.15) is 49.7 Å². The average Bonchev–Trinajstić information content (AvgIpc) is 2.76. The van der Waals surface area contributed by atoms with E-state index in [-0.39, 0.29) is 30.7 Å². The first-order chi connectivity index (χ1) is 11.4. The number of nitrogens with zero attached hydrogens (tertiary/aromatic N) is 1. The minimum Gasteiger partial charge on any atom is -0.325 e. The maximum atomic E-state index is 12.7. The van der Waals surface area contributed by atoms with Gasteiger partial charge in [0.15, 0.2) is 0 Å². The largest absolute Gasteiger partial charge is 0.325 e. The molecule has 1 N–H and O–H groups in total. The SMILES string of the molecule is Cc1ccc(NC(=O)CN2C(=O)CC3(CCCCC3)C2=O)cc1C. The molecule has 1 saturated carbocycles. The van der Waals surface area contributed by atoms with E-state index in [1.54, 1.807) is 0 Å². The number of benzene rings is 1. The highest BCUT2D eigenvalue weighted by molar-refractivity contribution is 6.09. The molecule has 0 unspecified atom stereocenters. The number of amides is 3. The third-order valence-electron chi connectivity index (χ3n) is 5.39. The number of carbonyl (C=O) groups excluding carboxylic acids is 3. The molecular formula is C19H24N2O3. The summed E-state index contributed by atoms with van der Waals surface area (Å²) in [6.45, 7) is 3.80. The number of rotatable bonds is 3. The van der Waals surface area contributed by atoms with E-state index in [2.05, 4.69) is 5.32 Å². The van der Waals surface area contributed by atoms with Crippen LogP contribution in [-0.2, 0) is 14.4 Å². The zero-order valence-electron chi connectivity index (χ0n) is 14.4. The maximum absolute atomic E-state index is 12.7. The lowest BCUT2D eigenvalue weighted by molar-refractivity contribution is -0.144. The summed E-state index contributed by atoms with van der Waals surface area (Å²) in [6, 6.07) is 5.66. The van der Waals surface area contributed by atoms with Crippen molar-refractivity contribution in [3.05, 3.63) is 29.3 Å². The molecule has 5 heteroatoms. The molecule has 3 amide bonds. The first-order valence-electron chi connectivity index (χ1n) is 8.63. The molecule has 1 saturated heterocycles. The van der Waals surface area contributed by atoms with Gasteiger partial charge < -0.3 is 5.32 Å². The van der Waals surface area contributed by atoms with Crippen LogP contribution >= 0.6 is 0 Å². The Balaban J connectivity index is 1.66. The van der Waals surface area contributed by atoms with Crippen LogP contribution in [-0.4, -0.2) is 29.2 Å². The highest BCUT2D eigenvalue weighted by Crippen LogP contribution is 2.45. The minimum absolute atomic E-state index is 0.151. The summed E-state index contributed by atoms with van der Waals surface area (Å²) >= 11 is 0. The number of hydrogen-bond acceptors (Lipinski definition) is 3. The van der Waals surface area contributed by atoms with E-state index < -0.39 is 5.41 Å². The van der Waals surface area contributed by atoms with Crippen LogP contribution in [0.2, 0.25) is 0 Å². The van der Waals surface area contributed by atoms with Crippen LogP contribution in [0.15, 0.2) is 18.2 Å². The number of hydrogen-bond donors (Lipinski definition) is 1. The van der Waals surface area contributed by atoms with Gasteiger partial charge >= 0.3 is 0 Å². The smallest absolute Gasteiger partial charge is 0.244 e. The number of nitrogens with one attached hydrogen (secondary N) is 1. The first-order valence-corrected chi connectivity index (χ1v) is 8.63. The molecule has 2 fully saturated rings. The molecule has 1 aromatic rings. The van der Waals surface area contributed by atoms with Crippen molar-refractivity contribution in [3.8, 4) is 0 Å². The lowest BCUT2D eigenvalue weighted by Gasteiger charge is -2.30.